The van der Waals surface area contributed by atoms with E-state index in [9.17, 15) is 19.7 Å². The number of nitrogens with one attached hydrogen (secondary N) is 1. The van der Waals surface area contributed by atoms with E-state index in [1.165, 1.54) is 17.7 Å². The molecule has 1 N–H and O–H groups in total. The summed E-state index contributed by atoms with van der Waals surface area (Å²) in [5.74, 6) is -1.19. The van der Waals surface area contributed by atoms with E-state index >= 15 is 0 Å². The summed E-state index contributed by atoms with van der Waals surface area (Å²) in [6.45, 7) is 3.28. The third kappa shape index (κ3) is 5.37. The molecule has 0 unspecified atom stereocenters. The maximum absolute atomic E-state index is 13.4. The van der Waals surface area contributed by atoms with E-state index in [2.05, 4.69) is 22.3 Å². The lowest BCUT2D eigenvalue weighted by Crippen LogP contribution is -2.32. The smallest absolute Gasteiger partial charge is 0.339 e. The number of rotatable bonds is 7. The zero-order valence-corrected chi connectivity index (χ0v) is 20.8. The number of aromatic nitrogens is 1. The van der Waals surface area contributed by atoms with Crippen LogP contribution in [0.2, 0.25) is 0 Å². The van der Waals surface area contributed by atoms with Crippen LogP contribution in [-0.2, 0) is 29.0 Å². The number of amides is 1. The van der Waals surface area contributed by atoms with Gasteiger partial charge < -0.3 is 10.1 Å². The van der Waals surface area contributed by atoms with Gasteiger partial charge in [0.1, 0.15) is 0 Å². The number of carbonyl (C=O) groups excluding carboxylic acids is 2. The molecule has 0 bridgehead atoms. The highest BCUT2D eigenvalue weighted by Gasteiger charge is 2.27. The minimum Gasteiger partial charge on any atom is -0.452 e. The fourth-order valence-corrected chi connectivity index (χ4v) is 4.70. The molecule has 1 aliphatic rings. The number of fused-ring (bicyclic) bond motifs is 2. The Labute approximate surface area is 219 Å². The maximum Gasteiger partial charge on any atom is 0.339 e. The summed E-state index contributed by atoms with van der Waals surface area (Å²) in [7, 11) is 0. The number of nitrogens with zero attached hydrogens (tertiary/aromatic N) is 3. The Kier molecular flexibility index (Phi) is 7.10. The zero-order valence-electron chi connectivity index (χ0n) is 20.8. The van der Waals surface area contributed by atoms with Crippen LogP contribution in [0.25, 0.3) is 10.9 Å². The summed E-state index contributed by atoms with van der Waals surface area (Å²) < 4.78 is 5.48. The van der Waals surface area contributed by atoms with Crippen molar-refractivity contribution in [2.45, 2.75) is 26.4 Å². The molecule has 0 saturated heterocycles. The second-order valence-electron chi connectivity index (χ2n) is 9.26. The molecule has 0 spiro atoms. The lowest BCUT2D eigenvalue weighted by atomic mass is 9.95. The van der Waals surface area contributed by atoms with Crippen LogP contribution in [-0.4, -0.2) is 39.8 Å². The molecular weight excluding hydrogens is 484 g/mol. The third-order valence-corrected chi connectivity index (χ3v) is 6.62. The van der Waals surface area contributed by atoms with Gasteiger partial charge in [-0.2, -0.15) is 0 Å². The summed E-state index contributed by atoms with van der Waals surface area (Å²) in [6, 6.07) is 21.7. The lowest BCUT2D eigenvalue weighted by molar-refractivity contribution is -0.384. The first-order chi connectivity index (χ1) is 18.4. The number of esters is 1. The molecule has 9 nitrogen and oxygen atoms in total. The van der Waals surface area contributed by atoms with Gasteiger partial charge in [0.05, 0.1) is 21.7 Å². The van der Waals surface area contributed by atoms with Gasteiger partial charge in [0.25, 0.3) is 11.6 Å². The first-order valence-corrected chi connectivity index (χ1v) is 12.3. The second kappa shape index (κ2) is 10.8. The van der Waals surface area contributed by atoms with E-state index in [1.54, 1.807) is 13.0 Å². The van der Waals surface area contributed by atoms with Crippen molar-refractivity contribution < 1.29 is 19.2 Å². The average Bonchev–Trinajstić information content (AvgIpc) is 2.92. The predicted molar refractivity (Wildman–Crippen MR) is 143 cm³/mol. The maximum atomic E-state index is 13.4. The van der Waals surface area contributed by atoms with Crippen LogP contribution < -0.4 is 5.32 Å². The van der Waals surface area contributed by atoms with Crippen LogP contribution in [0.1, 0.15) is 32.7 Å². The van der Waals surface area contributed by atoms with Gasteiger partial charge in [-0.15, -0.1) is 0 Å². The molecule has 3 aromatic carbocycles. The standard InChI is InChI=1S/C29H26N4O5/c1-19-11-12-21(33(36)37)15-26(19)31-27(34)18-38-29(35)28-22-9-5-6-10-24(22)30-25-13-14-32(17-23(25)28)16-20-7-3-2-4-8-20/h2-12,15H,13-14,16-18H2,1H3,(H,31,34). The largest absolute Gasteiger partial charge is 0.452 e. The summed E-state index contributed by atoms with van der Waals surface area (Å²) >= 11 is 0. The van der Waals surface area contributed by atoms with Crippen molar-refractivity contribution in [1.29, 1.82) is 0 Å². The summed E-state index contributed by atoms with van der Waals surface area (Å²) in [4.78, 5) is 43.7. The molecule has 0 aliphatic carbocycles. The minimum atomic E-state index is -0.604. The number of anilines is 1. The Morgan fingerprint density at radius 2 is 1.84 bits per heavy atom. The SMILES string of the molecule is Cc1ccc([N+](=O)[O-])cc1NC(=O)COC(=O)c1c2c(nc3ccccc13)CCN(Cc1ccccc1)C2. The van der Waals surface area contributed by atoms with Crippen LogP contribution >= 0.6 is 0 Å². The number of hydrogen-bond donors (Lipinski definition) is 1. The quantitative estimate of drug-likeness (QED) is 0.216. The third-order valence-electron chi connectivity index (χ3n) is 6.62. The molecule has 192 valence electrons. The first-order valence-electron chi connectivity index (χ1n) is 12.3. The van der Waals surface area contributed by atoms with E-state index in [1.807, 2.05) is 42.5 Å². The number of hydrogen-bond acceptors (Lipinski definition) is 7. The van der Waals surface area contributed by atoms with Gasteiger partial charge in [-0.1, -0.05) is 54.6 Å². The van der Waals surface area contributed by atoms with Crippen molar-refractivity contribution in [3.63, 3.8) is 0 Å². The monoisotopic (exact) mass is 510 g/mol. The molecule has 4 aromatic rings. The van der Waals surface area contributed by atoms with Gasteiger partial charge in [0.2, 0.25) is 0 Å². The fraction of sp³-hybridized carbons (Fsp3) is 0.207. The van der Waals surface area contributed by atoms with Gasteiger partial charge >= 0.3 is 5.97 Å². The first kappa shape index (κ1) is 25.0. The summed E-state index contributed by atoms with van der Waals surface area (Å²) in [6.07, 6.45) is 0.694. The zero-order chi connectivity index (χ0) is 26.6. The van der Waals surface area contributed by atoms with Crippen molar-refractivity contribution >= 4 is 34.2 Å². The van der Waals surface area contributed by atoms with Crippen LogP contribution in [0.3, 0.4) is 0 Å². The normalized spacial score (nSPS) is 13.1. The Balaban J connectivity index is 1.36. The number of aryl methyl sites for hydroxylation is 1. The second-order valence-corrected chi connectivity index (χ2v) is 9.26. The van der Waals surface area contributed by atoms with Crippen LogP contribution in [0.4, 0.5) is 11.4 Å². The van der Waals surface area contributed by atoms with Crippen molar-refractivity contribution in [2.75, 3.05) is 18.5 Å². The summed E-state index contributed by atoms with van der Waals surface area (Å²) in [5, 5.41) is 14.4. The molecule has 0 radical (unpaired) electrons. The number of benzene rings is 3. The number of pyridine rings is 1. The molecule has 5 rings (SSSR count). The molecule has 1 amide bonds. The summed E-state index contributed by atoms with van der Waals surface area (Å²) in [5.41, 5.74) is 4.78. The topological polar surface area (TPSA) is 115 Å². The van der Waals surface area contributed by atoms with E-state index < -0.39 is 23.4 Å². The highest BCUT2D eigenvalue weighted by molar-refractivity contribution is 6.06. The average molecular weight is 511 g/mol. The highest BCUT2D eigenvalue weighted by atomic mass is 16.6. The van der Waals surface area contributed by atoms with Crippen molar-refractivity contribution in [3.05, 3.63) is 111 Å². The van der Waals surface area contributed by atoms with E-state index in [4.69, 9.17) is 9.72 Å². The van der Waals surface area contributed by atoms with Crippen molar-refractivity contribution in [1.82, 2.24) is 9.88 Å². The van der Waals surface area contributed by atoms with Crippen LogP contribution in [0.5, 0.6) is 0 Å². The predicted octanol–water partition coefficient (Wildman–Crippen LogP) is 4.81. The van der Waals surface area contributed by atoms with Gasteiger partial charge in [-0.25, -0.2) is 4.79 Å². The number of carbonyl (C=O) groups is 2. The van der Waals surface area contributed by atoms with Crippen molar-refractivity contribution in [3.8, 4) is 0 Å². The highest BCUT2D eigenvalue weighted by Crippen LogP contribution is 2.29. The molecule has 1 aromatic heterocycles. The lowest BCUT2D eigenvalue weighted by Gasteiger charge is -2.30. The molecule has 38 heavy (non-hydrogen) atoms. The Hall–Kier alpha value is -4.63. The van der Waals surface area contributed by atoms with Gasteiger partial charge in [0.15, 0.2) is 6.61 Å². The van der Waals surface area contributed by atoms with Crippen LogP contribution in [0.15, 0.2) is 72.8 Å². The fourth-order valence-electron chi connectivity index (χ4n) is 4.70. The Bertz CT molecular complexity index is 1540. The van der Waals surface area contributed by atoms with Gasteiger partial charge in [-0.3, -0.25) is 24.8 Å². The number of ether oxygens (including phenoxy) is 1. The molecule has 9 heteroatoms. The number of nitro benzene ring substituents is 1. The van der Waals surface area contributed by atoms with E-state index in [0.29, 0.717) is 40.7 Å². The molecule has 2 heterocycles. The Morgan fingerprint density at radius 3 is 2.63 bits per heavy atom. The molecule has 0 saturated carbocycles. The molecule has 0 fully saturated rings. The van der Waals surface area contributed by atoms with Gasteiger partial charge in [-0.05, 0) is 24.1 Å². The molecular formula is C29H26N4O5. The molecule has 0 atom stereocenters. The van der Waals surface area contributed by atoms with Crippen molar-refractivity contribution in [2.24, 2.45) is 0 Å². The van der Waals surface area contributed by atoms with Gasteiger partial charge in [0, 0.05) is 54.8 Å². The number of para-hydroxylation sites is 1. The van der Waals surface area contributed by atoms with E-state index in [-0.39, 0.29) is 5.69 Å². The Morgan fingerprint density at radius 1 is 1.08 bits per heavy atom. The number of nitro groups is 1. The van der Waals surface area contributed by atoms with E-state index in [0.717, 1.165) is 24.3 Å². The minimum absolute atomic E-state index is 0.141. The number of non-ortho nitro benzene ring substituents is 1. The molecule has 1 aliphatic heterocycles. The van der Waals surface area contributed by atoms with Crippen LogP contribution in [0, 0.1) is 17.0 Å².